The van der Waals surface area contributed by atoms with E-state index >= 15 is 0 Å². The average Bonchev–Trinajstić information content (AvgIpc) is 3.18. The molecule has 3 rings (SSSR count). The van der Waals surface area contributed by atoms with Crippen molar-refractivity contribution in [1.82, 2.24) is 0 Å². The lowest BCUT2D eigenvalue weighted by Gasteiger charge is -2.23. The molecule has 1 saturated heterocycles. The summed E-state index contributed by atoms with van der Waals surface area (Å²) in [6.45, 7) is 6.83. The number of para-hydroxylation sites is 1. The molecule has 0 aliphatic carbocycles. The van der Waals surface area contributed by atoms with Gasteiger partial charge in [-0.2, -0.15) is 0 Å². The molecule has 0 bridgehead atoms. The molecule has 1 atom stereocenters. The second kappa shape index (κ2) is 10.2. The number of esters is 1. The molecule has 1 aliphatic rings. The molecule has 1 N–H and O–H groups in total. The van der Waals surface area contributed by atoms with Gasteiger partial charge in [-0.3, -0.25) is 9.59 Å². The maximum atomic E-state index is 12.8. The van der Waals surface area contributed by atoms with Crippen molar-refractivity contribution in [3.05, 3.63) is 59.2 Å². The van der Waals surface area contributed by atoms with Crippen molar-refractivity contribution < 1.29 is 19.1 Å². The standard InChI is InChI=1S/C25H30N2O4/c1-4-14-31-25(30)19-10-12-21(13-11-19)26-24(29)20-15-22(28)27(16-20)23-17(5-2)8-7-9-18(23)6-3/h7-13,20H,4-6,14-16H2,1-3H3,(H,26,29)/t20-/m0/s1. The zero-order valence-corrected chi connectivity index (χ0v) is 18.4. The van der Waals surface area contributed by atoms with Gasteiger partial charge in [0.15, 0.2) is 0 Å². The molecule has 1 heterocycles. The summed E-state index contributed by atoms with van der Waals surface area (Å²) in [4.78, 5) is 39.3. The first kappa shape index (κ1) is 22.5. The van der Waals surface area contributed by atoms with Crippen LogP contribution in [0.3, 0.4) is 0 Å². The van der Waals surface area contributed by atoms with Crippen molar-refractivity contribution in [1.29, 1.82) is 0 Å². The lowest BCUT2D eigenvalue weighted by Crippen LogP contribution is -2.29. The van der Waals surface area contributed by atoms with Crippen LogP contribution in [0.1, 0.15) is 55.1 Å². The number of nitrogens with zero attached hydrogens (tertiary/aromatic N) is 1. The van der Waals surface area contributed by atoms with E-state index in [0.29, 0.717) is 24.4 Å². The number of carbonyl (C=O) groups excluding carboxylic acids is 3. The number of benzene rings is 2. The number of carbonyl (C=O) groups is 3. The summed E-state index contributed by atoms with van der Waals surface area (Å²) in [6.07, 6.45) is 2.61. The number of aryl methyl sites for hydroxylation is 2. The van der Waals surface area contributed by atoms with Crippen molar-refractivity contribution in [3.8, 4) is 0 Å². The van der Waals surface area contributed by atoms with Crippen LogP contribution in [0.25, 0.3) is 0 Å². The lowest BCUT2D eigenvalue weighted by atomic mass is 10.0. The summed E-state index contributed by atoms with van der Waals surface area (Å²) in [5.74, 6) is -1.01. The zero-order chi connectivity index (χ0) is 22.4. The van der Waals surface area contributed by atoms with Crippen molar-refractivity contribution in [2.45, 2.75) is 46.5 Å². The van der Waals surface area contributed by atoms with Gasteiger partial charge in [-0.25, -0.2) is 4.79 Å². The van der Waals surface area contributed by atoms with Crippen LogP contribution in [0, 0.1) is 5.92 Å². The van der Waals surface area contributed by atoms with E-state index in [9.17, 15) is 14.4 Å². The third-order valence-corrected chi connectivity index (χ3v) is 5.56. The third-order valence-electron chi connectivity index (χ3n) is 5.56. The quantitative estimate of drug-likeness (QED) is 0.641. The molecule has 164 valence electrons. The van der Waals surface area contributed by atoms with Gasteiger partial charge in [0.05, 0.1) is 18.1 Å². The minimum absolute atomic E-state index is 0.0234. The van der Waals surface area contributed by atoms with Gasteiger partial charge in [0.1, 0.15) is 0 Å². The van der Waals surface area contributed by atoms with E-state index < -0.39 is 5.92 Å². The molecule has 0 saturated carbocycles. The molecule has 6 heteroatoms. The lowest BCUT2D eigenvalue weighted by molar-refractivity contribution is -0.122. The highest BCUT2D eigenvalue weighted by Crippen LogP contribution is 2.32. The highest BCUT2D eigenvalue weighted by molar-refractivity contribution is 6.04. The van der Waals surface area contributed by atoms with Crippen LogP contribution < -0.4 is 10.2 Å². The number of ether oxygens (including phenoxy) is 1. The monoisotopic (exact) mass is 422 g/mol. The Kier molecular flexibility index (Phi) is 7.45. The van der Waals surface area contributed by atoms with Crippen LogP contribution in [0.15, 0.2) is 42.5 Å². The predicted octanol–water partition coefficient (Wildman–Crippen LogP) is 4.37. The van der Waals surface area contributed by atoms with Gasteiger partial charge in [0.25, 0.3) is 0 Å². The Balaban J connectivity index is 1.68. The fourth-order valence-corrected chi connectivity index (χ4v) is 3.87. The Hall–Kier alpha value is -3.15. The summed E-state index contributed by atoms with van der Waals surface area (Å²) in [6, 6.07) is 12.7. The molecule has 2 aromatic rings. The second-order valence-corrected chi connectivity index (χ2v) is 7.74. The molecule has 6 nitrogen and oxygen atoms in total. The van der Waals surface area contributed by atoms with E-state index in [2.05, 4.69) is 19.2 Å². The molecule has 0 aromatic heterocycles. The first-order valence-electron chi connectivity index (χ1n) is 11.0. The fourth-order valence-electron chi connectivity index (χ4n) is 3.87. The first-order chi connectivity index (χ1) is 15.0. The van der Waals surface area contributed by atoms with Gasteiger partial charge in [-0.05, 0) is 54.7 Å². The van der Waals surface area contributed by atoms with Crippen LogP contribution in [0.4, 0.5) is 11.4 Å². The Labute approximate surface area is 183 Å². The SMILES string of the molecule is CCCOC(=O)c1ccc(NC(=O)[C@H]2CC(=O)N(c3c(CC)cccc3CC)C2)cc1. The van der Waals surface area contributed by atoms with E-state index in [1.165, 1.54) is 0 Å². The molecule has 2 aromatic carbocycles. The molecule has 0 spiro atoms. The number of anilines is 2. The summed E-state index contributed by atoms with van der Waals surface area (Å²) in [7, 11) is 0. The maximum Gasteiger partial charge on any atom is 0.338 e. The van der Waals surface area contributed by atoms with Crippen LogP contribution in [-0.4, -0.2) is 30.9 Å². The summed E-state index contributed by atoms with van der Waals surface area (Å²) < 4.78 is 5.11. The molecule has 1 aliphatic heterocycles. The van der Waals surface area contributed by atoms with E-state index in [1.807, 2.05) is 25.1 Å². The molecular formula is C25H30N2O4. The number of amides is 2. The topological polar surface area (TPSA) is 75.7 Å². The highest BCUT2D eigenvalue weighted by atomic mass is 16.5. The van der Waals surface area contributed by atoms with Crippen molar-refractivity contribution in [3.63, 3.8) is 0 Å². The predicted molar refractivity (Wildman–Crippen MR) is 121 cm³/mol. The van der Waals surface area contributed by atoms with Crippen LogP contribution in [0.2, 0.25) is 0 Å². The largest absolute Gasteiger partial charge is 0.462 e. The molecule has 31 heavy (non-hydrogen) atoms. The van der Waals surface area contributed by atoms with Gasteiger partial charge in [0.2, 0.25) is 11.8 Å². The van der Waals surface area contributed by atoms with E-state index in [1.54, 1.807) is 29.2 Å². The van der Waals surface area contributed by atoms with E-state index in [0.717, 1.165) is 36.1 Å². The van der Waals surface area contributed by atoms with Crippen LogP contribution in [-0.2, 0) is 27.2 Å². The average molecular weight is 423 g/mol. The van der Waals surface area contributed by atoms with Gasteiger partial charge in [-0.1, -0.05) is 39.0 Å². The maximum absolute atomic E-state index is 12.8. The fraction of sp³-hybridized carbons (Fsp3) is 0.400. The smallest absolute Gasteiger partial charge is 0.338 e. The Morgan fingerprint density at radius 1 is 1.03 bits per heavy atom. The third kappa shape index (κ3) is 5.13. The molecule has 2 amide bonds. The Bertz CT molecular complexity index is 930. The number of rotatable bonds is 8. The van der Waals surface area contributed by atoms with Crippen LogP contribution in [0.5, 0.6) is 0 Å². The van der Waals surface area contributed by atoms with Gasteiger partial charge in [0, 0.05) is 24.3 Å². The Morgan fingerprint density at radius 2 is 1.68 bits per heavy atom. The summed E-state index contributed by atoms with van der Waals surface area (Å²) in [5, 5.41) is 2.87. The normalized spacial score (nSPS) is 15.8. The first-order valence-corrected chi connectivity index (χ1v) is 11.0. The number of nitrogens with one attached hydrogen (secondary N) is 1. The zero-order valence-electron chi connectivity index (χ0n) is 18.4. The minimum Gasteiger partial charge on any atom is -0.462 e. The van der Waals surface area contributed by atoms with Crippen molar-refractivity contribution in [2.75, 3.05) is 23.4 Å². The van der Waals surface area contributed by atoms with Crippen molar-refractivity contribution >= 4 is 29.2 Å². The van der Waals surface area contributed by atoms with E-state index in [-0.39, 0.29) is 24.2 Å². The summed E-state index contributed by atoms with van der Waals surface area (Å²) >= 11 is 0. The Morgan fingerprint density at radius 3 is 2.26 bits per heavy atom. The molecule has 0 radical (unpaired) electrons. The number of hydrogen-bond donors (Lipinski definition) is 1. The van der Waals surface area contributed by atoms with Gasteiger partial charge in [-0.15, -0.1) is 0 Å². The molecule has 1 fully saturated rings. The second-order valence-electron chi connectivity index (χ2n) is 7.74. The van der Waals surface area contributed by atoms with Crippen LogP contribution >= 0.6 is 0 Å². The van der Waals surface area contributed by atoms with Gasteiger partial charge >= 0.3 is 5.97 Å². The number of hydrogen-bond acceptors (Lipinski definition) is 4. The highest BCUT2D eigenvalue weighted by Gasteiger charge is 2.36. The van der Waals surface area contributed by atoms with Gasteiger partial charge < -0.3 is 15.0 Å². The minimum atomic E-state index is -0.420. The summed E-state index contributed by atoms with van der Waals surface area (Å²) in [5.41, 5.74) is 4.24. The molecule has 0 unspecified atom stereocenters. The van der Waals surface area contributed by atoms with Crippen molar-refractivity contribution in [2.24, 2.45) is 5.92 Å². The molecular weight excluding hydrogens is 392 g/mol. The van der Waals surface area contributed by atoms with E-state index in [4.69, 9.17) is 4.74 Å².